The molecule has 6 heteroatoms. The summed E-state index contributed by atoms with van der Waals surface area (Å²) in [6, 6.07) is 6.21. The van der Waals surface area contributed by atoms with Gasteiger partial charge in [0.05, 0.1) is 18.3 Å². The normalized spacial score (nSPS) is 18.2. The lowest BCUT2D eigenvalue weighted by Gasteiger charge is -2.24. The van der Waals surface area contributed by atoms with E-state index < -0.39 is 6.10 Å². The number of hydrogen-bond donors (Lipinski definition) is 1. The number of hydrogen-bond acceptors (Lipinski definition) is 5. The monoisotopic (exact) mass is 347 g/mol. The first-order chi connectivity index (χ1) is 12.0. The van der Waals surface area contributed by atoms with Crippen LogP contribution in [-0.2, 0) is 6.54 Å². The van der Waals surface area contributed by atoms with E-state index in [1.54, 1.807) is 12.1 Å². The van der Waals surface area contributed by atoms with Gasteiger partial charge in [0.15, 0.2) is 0 Å². The van der Waals surface area contributed by atoms with E-state index in [1.807, 2.05) is 13.8 Å². The highest BCUT2D eigenvalue weighted by Crippen LogP contribution is 2.17. The summed E-state index contributed by atoms with van der Waals surface area (Å²) in [5.74, 6) is 1.34. The van der Waals surface area contributed by atoms with Crippen molar-refractivity contribution in [1.82, 2.24) is 14.8 Å². The Bertz CT molecular complexity index is 684. The molecule has 1 aromatic carbocycles. The maximum Gasteiger partial charge on any atom is 0.208 e. The van der Waals surface area contributed by atoms with E-state index >= 15 is 0 Å². The van der Waals surface area contributed by atoms with Crippen molar-refractivity contribution in [2.75, 3.05) is 32.7 Å². The van der Waals surface area contributed by atoms with Gasteiger partial charge in [0.2, 0.25) is 5.89 Å². The molecule has 25 heavy (non-hydrogen) atoms. The van der Waals surface area contributed by atoms with Gasteiger partial charge in [-0.2, -0.15) is 0 Å². The predicted octanol–water partition coefficient (Wildman–Crippen LogP) is 2.67. The molecule has 1 N–H and O–H groups in total. The second-order valence-electron chi connectivity index (χ2n) is 6.75. The molecule has 2 heterocycles. The molecule has 0 saturated carbocycles. The summed E-state index contributed by atoms with van der Waals surface area (Å²) in [6.45, 7) is 8.80. The van der Waals surface area contributed by atoms with Crippen LogP contribution in [0.25, 0.3) is 0 Å². The van der Waals surface area contributed by atoms with Crippen molar-refractivity contribution in [2.24, 2.45) is 0 Å². The second kappa shape index (κ2) is 8.08. The van der Waals surface area contributed by atoms with Gasteiger partial charge in [-0.1, -0.05) is 12.1 Å². The minimum absolute atomic E-state index is 0.310. The van der Waals surface area contributed by atoms with Crippen molar-refractivity contribution in [2.45, 2.75) is 32.9 Å². The molecular formula is C19H26FN3O2. The molecule has 1 fully saturated rings. The number of aliphatic hydroxyl groups excluding tert-OH is 1. The van der Waals surface area contributed by atoms with Crippen LogP contribution in [0.1, 0.15) is 35.4 Å². The highest BCUT2D eigenvalue weighted by molar-refractivity contribution is 5.19. The highest BCUT2D eigenvalue weighted by Gasteiger charge is 2.20. The van der Waals surface area contributed by atoms with Gasteiger partial charge in [-0.15, -0.1) is 0 Å². The van der Waals surface area contributed by atoms with E-state index in [1.165, 1.54) is 12.1 Å². The van der Waals surface area contributed by atoms with Gasteiger partial charge in [0, 0.05) is 19.6 Å². The number of rotatable bonds is 5. The Morgan fingerprint density at radius 1 is 1.20 bits per heavy atom. The third-order valence-corrected chi connectivity index (χ3v) is 4.78. The fourth-order valence-electron chi connectivity index (χ4n) is 3.23. The molecule has 136 valence electrons. The number of aryl methyl sites for hydroxylation is 2. The fourth-order valence-corrected chi connectivity index (χ4v) is 3.23. The lowest BCUT2D eigenvalue weighted by atomic mass is 10.1. The van der Waals surface area contributed by atoms with Gasteiger partial charge in [0.25, 0.3) is 0 Å². The maximum atomic E-state index is 13.3. The summed E-state index contributed by atoms with van der Waals surface area (Å²) >= 11 is 0. The molecule has 1 aliphatic rings. The van der Waals surface area contributed by atoms with Crippen LogP contribution in [0.2, 0.25) is 0 Å². The SMILES string of the molecule is Cc1nc(CN2CCCN(CC(O)c3cccc(F)c3)CC2)oc1C. The first kappa shape index (κ1) is 18.0. The number of oxazole rings is 1. The standard InChI is InChI=1S/C19H26FN3O2/c1-14-15(2)25-19(21-14)13-23-8-4-7-22(9-10-23)12-18(24)16-5-3-6-17(20)11-16/h3,5-6,11,18,24H,4,7-10,12-13H2,1-2H3. The second-order valence-corrected chi connectivity index (χ2v) is 6.75. The average molecular weight is 347 g/mol. The van der Waals surface area contributed by atoms with Crippen molar-refractivity contribution in [3.8, 4) is 0 Å². The van der Waals surface area contributed by atoms with E-state index in [-0.39, 0.29) is 5.82 Å². The molecule has 0 aliphatic carbocycles. The van der Waals surface area contributed by atoms with Crippen LogP contribution in [0.15, 0.2) is 28.7 Å². The molecule has 3 rings (SSSR count). The fraction of sp³-hybridized carbons (Fsp3) is 0.526. The summed E-state index contributed by atoms with van der Waals surface area (Å²) in [7, 11) is 0. The quantitative estimate of drug-likeness (QED) is 0.901. The molecule has 1 aromatic heterocycles. The summed E-state index contributed by atoms with van der Waals surface area (Å²) in [5.41, 5.74) is 1.58. The molecule has 0 amide bonds. The molecular weight excluding hydrogens is 321 g/mol. The highest BCUT2D eigenvalue weighted by atomic mass is 19.1. The Morgan fingerprint density at radius 3 is 2.68 bits per heavy atom. The van der Waals surface area contributed by atoms with Gasteiger partial charge in [0.1, 0.15) is 11.6 Å². The molecule has 1 saturated heterocycles. The average Bonchev–Trinajstić information content (AvgIpc) is 2.76. The van der Waals surface area contributed by atoms with Crippen molar-refractivity contribution in [3.63, 3.8) is 0 Å². The summed E-state index contributed by atoms with van der Waals surface area (Å²) < 4.78 is 19.0. The molecule has 0 spiro atoms. The van der Waals surface area contributed by atoms with Crippen LogP contribution >= 0.6 is 0 Å². The van der Waals surface area contributed by atoms with Crippen LogP contribution in [0.5, 0.6) is 0 Å². The number of benzene rings is 1. The van der Waals surface area contributed by atoms with Gasteiger partial charge in [-0.3, -0.25) is 9.80 Å². The summed E-state index contributed by atoms with van der Waals surface area (Å²) in [5, 5.41) is 10.4. The van der Waals surface area contributed by atoms with E-state index in [0.717, 1.165) is 56.5 Å². The van der Waals surface area contributed by atoms with E-state index in [9.17, 15) is 9.50 Å². The van der Waals surface area contributed by atoms with Crippen LogP contribution in [0, 0.1) is 19.7 Å². The Morgan fingerprint density at radius 2 is 1.96 bits per heavy atom. The Balaban J connectivity index is 1.52. The topological polar surface area (TPSA) is 52.7 Å². The number of aromatic nitrogens is 1. The Hall–Kier alpha value is -1.76. The van der Waals surface area contributed by atoms with Crippen LogP contribution < -0.4 is 0 Å². The van der Waals surface area contributed by atoms with Crippen LogP contribution in [-0.4, -0.2) is 52.6 Å². The van der Waals surface area contributed by atoms with Gasteiger partial charge in [-0.25, -0.2) is 9.37 Å². The zero-order valence-corrected chi connectivity index (χ0v) is 14.9. The van der Waals surface area contributed by atoms with Gasteiger partial charge < -0.3 is 9.52 Å². The number of β-amino-alcohol motifs (C(OH)–C–C–N with tert-alkyl or cyclic N) is 1. The zero-order valence-electron chi connectivity index (χ0n) is 14.9. The van der Waals surface area contributed by atoms with Crippen molar-refractivity contribution in [1.29, 1.82) is 0 Å². The van der Waals surface area contributed by atoms with Crippen LogP contribution in [0.4, 0.5) is 4.39 Å². The third kappa shape index (κ3) is 4.87. The molecule has 1 unspecified atom stereocenters. The third-order valence-electron chi connectivity index (χ3n) is 4.78. The van der Waals surface area contributed by atoms with E-state index in [2.05, 4.69) is 14.8 Å². The lowest BCUT2D eigenvalue weighted by molar-refractivity contribution is 0.114. The first-order valence-corrected chi connectivity index (χ1v) is 8.82. The van der Waals surface area contributed by atoms with E-state index in [0.29, 0.717) is 12.1 Å². The Labute approximate surface area is 148 Å². The molecule has 1 atom stereocenters. The smallest absolute Gasteiger partial charge is 0.208 e. The number of nitrogens with zero attached hydrogens (tertiary/aromatic N) is 3. The lowest BCUT2D eigenvalue weighted by Crippen LogP contribution is -2.33. The maximum absolute atomic E-state index is 13.3. The molecule has 5 nitrogen and oxygen atoms in total. The minimum Gasteiger partial charge on any atom is -0.444 e. The minimum atomic E-state index is -0.667. The molecule has 2 aromatic rings. The van der Waals surface area contributed by atoms with Crippen molar-refractivity contribution >= 4 is 0 Å². The van der Waals surface area contributed by atoms with Gasteiger partial charge in [-0.05, 0) is 51.1 Å². The van der Waals surface area contributed by atoms with Crippen molar-refractivity contribution in [3.05, 3.63) is 53.0 Å². The molecule has 0 radical (unpaired) electrons. The molecule has 0 bridgehead atoms. The Kier molecular flexibility index (Phi) is 5.83. The van der Waals surface area contributed by atoms with E-state index in [4.69, 9.17) is 4.42 Å². The predicted molar refractivity (Wildman–Crippen MR) is 93.7 cm³/mol. The summed E-state index contributed by atoms with van der Waals surface area (Å²) in [4.78, 5) is 9.02. The summed E-state index contributed by atoms with van der Waals surface area (Å²) in [6.07, 6.45) is 0.355. The van der Waals surface area contributed by atoms with Crippen molar-refractivity contribution < 1.29 is 13.9 Å². The van der Waals surface area contributed by atoms with Gasteiger partial charge >= 0.3 is 0 Å². The first-order valence-electron chi connectivity index (χ1n) is 8.82. The number of aliphatic hydroxyl groups is 1. The zero-order chi connectivity index (χ0) is 17.8. The largest absolute Gasteiger partial charge is 0.444 e. The van der Waals surface area contributed by atoms with Crippen LogP contribution in [0.3, 0.4) is 0 Å². The molecule has 1 aliphatic heterocycles. The number of halogens is 1.